The van der Waals surface area contributed by atoms with E-state index >= 15 is 0 Å². The lowest BCUT2D eigenvalue weighted by Crippen LogP contribution is -2.47. The lowest BCUT2D eigenvalue weighted by Gasteiger charge is -2.24. The molecule has 0 saturated heterocycles. The second kappa shape index (κ2) is 9.81. The zero-order valence-corrected chi connectivity index (χ0v) is 15.9. The Balaban J connectivity index is 0.00000400. The van der Waals surface area contributed by atoms with Crippen molar-refractivity contribution in [2.75, 3.05) is 13.7 Å². The van der Waals surface area contributed by atoms with Crippen molar-refractivity contribution in [2.45, 2.75) is 46.2 Å². The Morgan fingerprint density at radius 3 is 2.67 bits per heavy atom. The van der Waals surface area contributed by atoms with E-state index in [0.717, 1.165) is 17.9 Å². The molecule has 0 aliphatic rings. The molecule has 1 aromatic rings. The second-order valence-electron chi connectivity index (χ2n) is 5.62. The topological polar surface area (TPSA) is 58.5 Å². The van der Waals surface area contributed by atoms with Gasteiger partial charge in [-0.05, 0) is 33.3 Å². The van der Waals surface area contributed by atoms with Crippen LogP contribution in [0.1, 0.15) is 39.7 Å². The van der Waals surface area contributed by atoms with E-state index in [1.54, 1.807) is 13.2 Å². The van der Waals surface area contributed by atoms with Gasteiger partial charge in [0.1, 0.15) is 0 Å². The first-order chi connectivity index (χ1) is 9.46. The Bertz CT molecular complexity index is 444. The van der Waals surface area contributed by atoms with Crippen LogP contribution in [0.5, 0.6) is 5.88 Å². The van der Waals surface area contributed by atoms with Crippen molar-refractivity contribution in [3.63, 3.8) is 0 Å². The Kier molecular flexibility index (Phi) is 9.32. The largest absolute Gasteiger partial charge is 0.477 e. The van der Waals surface area contributed by atoms with Gasteiger partial charge < -0.3 is 15.4 Å². The summed E-state index contributed by atoms with van der Waals surface area (Å²) in [5, 5.41) is 6.59. The Morgan fingerprint density at radius 2 is 2.10 bits per heavy atom. The molecule has 0 aliphatic heterocycles. The zero-order valence-electron chi connectivity index (χ0n) is 13.6. The van der Waals surface area contributed by atoms with Crippen molar-refractivity contribution in [3.05, 3.63) is 23.9 Å². The molecule has 1 rings (SSSR count). The van der Waals surface area contributed by atoms with Gasteiger partial charge in [-0.2, -0.15) is 0 Å². The van der Waals surface area contributed by atoms with Crippen LogP contribution >= 0.6 is 24.0 Å². The van der Waals surface area contributed by atoms with Gasteiger partial charge in [0, 0.05) is 30.9 Å². The molecule has 0 radical (unpaired) electrons. The Labute approximate surface area is 145 Å². The zero-order chi connectivity index (χ0) is 15.0. The summed E-state index contributed by atoms with van der Waals surface area (Å²) in [6.45, 7) is 9.68. The molecule has 0 aliphatic carbocycles. The van der Waals surface area contributed by atoms with Crippen molar-refractivity contribution in [1.29, 1.82) is 0 Å². The van der Waals surface area contributed by atoms with Gasteiger partial charge in [0.25, 0.3) is 0 Å². The van der Waals surface area contributed by atoms with Crippen molar-refractivity contribution in [1.82, 2.24) is 15.6 Å². The van der Waals surface area contributed by atoms with E-state index in [-0.39, 0.29) is 29.5 Å². The molecule has 21 heavy (non-hydrogen) atoms. The van der Waals surface area contributed by atoms with Crippen LogP contribution in [0, 0.1) is 0 Å². The highest BCUT2D eigenvalue weighted by atomic mass is 127. The predicted octanol–water partition coefficient (Wildman–Crippen LogP) is 2.95. The quantitative estimate of drug-likeness (QED) is 0.449. The maximum Gasteiger partial charge on any atom is 0.218 e. The highest BCUT2D eigenvalue weighted by Crippen LogP contribution is 2.14. The molecule has 5 nitrogen and oxygen atoms in total. The van der Waals surface area contributed by atoms with Gasteiger partial charge in [0.15, 0.2) is 5.96 Å². The normalized spacial score (nSPS) is 11.6. The van der Waals surface area contributed by atoms with E-state index in [0.29, 0.717) is 19.0 Å². The molecule has 6 heteroatoms. The molecule has 0 saturated carbocycles. The molecule has 0 atom stereocenters. The molecule has 2 N–H and O–H groups in total. The van der Waals surface area contributed by atoms with Gasteiger partial charge in [0.05, 0.1) is 6.61 Å². The molecule has 0 spiro atoms. The van der Waals surface area contributed by atoms with Gasteiger partial charge in [-0.1, -0.05) is 13.0 Å². The smallest absolute Gasteiger partial charge is 0.218 e. The average molecular weight is 406 g/mol. The maximum absolute atomic E-state index is 5.64. The van der Waals surface area contributed by atoms with Crippen LogP contribution in [0.15, 0.2) is 23.3 Å². The van der Waals surface area contributed by atoms with Crippen LogP contribution < -0.4 is 15.4 Å². The van der Waals surface area contributed by atoms with Crippen molar-refractivity contribution in [2.24, 2.45) is 4.99 Å². The number of hydrogen-bond donors (Lipinski definition) is 2. The average Bonchev–Trinajstić information content (AvgIpc) is 2.40. The van der Waals surface area contributed by atoms with Gasteiger partial charge in [-0.25, -0.2) is 4.98 Å². The van der Waals surface area contributed by atoms with E-state index in [9.17, 15) is 0 Å². The summed E-state index contributed by atoms with van der Waals surface area (Å²) in [4.78, 5) is 8.49. The number of pyridine rings is 1. The lowest BCUT2D eigenvalue weighted by atomic mass is 10.1. The Hall–Kier alpha value is -1.05. The summed E-state index contributed by atoms with van der Waals surface area (Å²) >= 11 is 0. The third-order valence-electron chi connectivity index (χ3n) is 2.46. The minimum Gasteiger partial charge on any atom is -0.477 e. The fourth-order valence-electron chi connectivity index (χ4n) is 1.60. The fraction of sp³-hybridized carbons (Fsp3) is 0.600. The molecule has 0 unspecified atom stereocenters. The first-order valence-electron chi connectivity index (χ1n) is 7.01. The van der Waals surface area contributed by atoms with Crippen LogP contribution in [-0.2, 0) is 6.54 Å². The number of aliphatic imine (C=N–C) groups is 1. The minimum atomic E-state index is -0.0294. The first-order valence-corrected chi connectivity index (χ1v) is 7.01. The number of halogens is 1. The van der Waals surface area contributed by atoms with E-state index in [1.165, 1.54) is 0 Å². The van der Waals surface area contributed by atoms with Crippen LogP contribution in [0.25, 0.3) is 0 Å². The van der Waals surface area contributed by atoms with Crippen molar-refractivity contribution >= 4 is 29.9 Å². The van der Waals surface area contributed by atoms with Crippen LogP contribution in [0.2, 0.25) is 0 Å². The van der Waals surface area contributed by atoms with Gasteiger partial charge in [-0.3, -0.25) is 4.99 Å². The molecule has 0 bridgehead atoms. The summed E-state index contributed by atoms with van der Waals surface area (Å²) in [6, 6.07) is 3.92. The number of hydrogen-bond acceptors (Lipinski definition) is 3. The van der Waals surface area contributed by atoms with Gasteiger partial charge >= 0.3 is 0 Å². The SMILES string of the molecule is CCCOc1ncccc1CNC(=NC)NC(C)(C)C.I. The van der Waals surface area contributed by atoms with E-state index < -0.39 is 0 Å². The van der Waals surface area contributed by atoms with Gasteiger partial charge in [0.2, 0.25) is 5.88 Å². The molecule has 1 heterocycles. The number of ether oxygens (including phenoxy) is 1. The summed E-state index contributed by atoms with van der Waals surface area (Å²) in [5.41, 5.74) is 0.996. The first kappa shape index (κ1) is 19.9. The monoisotopic (exact) mass is 406 g/mol. The van der Waals surface area contributed by atoms with E-state index in [1.807, 2.05) is 12.1 Å². The molecule has 0 aromatic carbocycles. The van der Waals surface area contributed by atoms with E-state index in [4.69, 9.17) is 4.74 Å². The molecule has 0 amide bonds. The van der Waals surface area contributed by atoms with Crippen LogP contribution in [0.4, 0.5) is 0 Å². The van der Waals surface area contributed by atoms with Gasteiger partial charge in [-0.15, -0.1) is 24.0 Å². The third kappa shape index (κ3) is 8.08. The molecule has 1 aromatic heterocycles. The lowest BCUT2D eigenvalue weighted by molar-refractivity contribution is 0.301. The molecular formula is C15H27IN4O. The highest BCUT2D eigenvalue weighted by molar-refractivity contribution is 14.0. The molecule has 120 valence electrons. The standard InChI is InChI=1S/C15H26N4O.HI/c1-6-10-20-13-12(8-7-9-17-13)11-18-14(16-5)19-15(2,3)4;/h7-9H,6,10-11H2,1-5H3,(H2,16,18,19);1H. The summed E-state index contributed by atoms with van der Waals surface area (Å²) < 4.78 is 5.64. The van der Waals surface area contributed by atoms with Crippen molar-refractivity contribution < 1.29 is 4.74 Å². The minimum absolute atomic E-state index is 0. The summed E-state index contributed by atoms with van der Waals surface area (Å²) in [5.74, 6) is 1.45. The summed E-state index contributed by atoms with van der Waals surface area (Å²) in [6.07, 6.45) is 2.72. The van der Waals surface area contributed by atoms with Crippen LogP contribution in [-0.4, -0.2) is 30.1 Å². The highest BCUT2D eigenvalue weighted by Gasteiger charge is 2.12. The number of nitrogens with one attached hydrogen (secondary N) is 2. The third-order valence-corrected chi connectivity index (χ3v) is 2.46. The maximum atomic E-state index is 5.64. The number of guanidine groups is 1. The van der Waals surface area contributed by atoms with Crippen LogP contribution in [0.3, 0.4) is 0 Å². The molecular weight excluding hydrogens is 379 g/mol. The fourth-order valence-corrected chi connectivity index (χ4v) is 1.60. The van der Waals surface area contributed by atoms with Crippen molar-refractivity contribution in [3.8, 4) is 5.88 Å². The number of nitrogens with zero attached hydrogens (tertiary/aromatic N) is 2. The Morgan fingerprint density at radius 1 is 1.38 bits per heavy atom. The number of aromatic nitrogens is 1. The second-order valence-corrected chi connectivity index (χ2v) is 5.62. The summed E-state index contributed by atoms with van der Waals surface area (Å²) in [7, 11) is 1.76. The number of rotatable bonds is 5. The van der Waals surface area contributed by atoms with E-state index in [2.05, 4.69) is 48.3 Å². The molecule has 0 fully saturated rings. The predicted molar refractivity (Wildman–Crippen MR) is 98.5 cm³/mol.